The molecule has 58 valence electrons. The summed E-state index contributed by atoms with van der Waals surface area (Å²) in [5, 5.41) is 9.90. The molecule has 0 atom stereocenters. The molecular weight excluding hydrogens is 151 g/mol. The predicted molar refractivity (Wildman–Crippen MR) is 38.2 cm³/mol. The van der Waals surface area contributed by atoms with Gasteiger partial charge in [0.2, 0.25) is 0 Å². The van der Waals surface area contributed by atoms with Crippen molar-refractivity contribution in [3.63, 3.8) is 0 Å². The SMILES string of the molecule is CCC(C)(C)C(=O)/C=C/[O-].[Na+]. The molecule has 0 heterocycles. The van der Waals surface area contributed by atoms with Crippen molar-refractivity contribution in [2.45, 2.75) is 27.2 Å². The number of hydrogen-bond acceptors (Lipinski definition) is 2. The van der Waals surface area contributed by atoms with Gasteiger partial charge in [-0.1, -0.05) is 20.8 Å². The molecule has 11 heavy (non-hydrogen) atoms. The van der Waals surface area contributed by atoms with Gasteiger partial charge in [-0.25, -0.2) is 0 Å². The molecule has 0 N–H and O–H groups in total. The largest absolute Gasteiger partial charge is 1.00 e. The van der Waals surface area contributed by atoms with E-state index in [0.717, 1.165) is 12.5 Å². The van der Waals surface area contributed by atoms with Gasteiger partial charge in [0, 0.05) is 5.41 Å². The Morgan fingerprint density at radius 2 is 2.00 bits per heavy atom. The van der Waals surface area contributed by atoms with Crippen LogP contribution in [-0.4, -0.2) is 5.78 Å². The van der Waals surface area contributed by atoms with Gasteiger partial charge in [0.25, 0.3) is 0 Å². The molecule has 0 aliphatic heterocycles. The molecule has 0 saturated carbocycles. The van der Waals surface area contributed by atoms with Crippen LogP contribution in [0.2, 0.25) is 0 Å². The molecule has 0 saturated heterocycles. The average molecular weight is 164 g/mol. The van der Waals surface area contributed by atoms with E-state index in [1.807, 2.05) is 20.8 Å². The Bertz CT molecular complexity index is 150. The molecule has 0 unspecified atom stereocenters. The molecular formula is C8H13NaO2. The van der Waals surface area contributed by atoms with E-state index in [1.165, 1.54) is 0 Å². The van der Waals surface area contributed by atoms with Crippen LogP contribution in [0.3, 0.4) is 0 Å². The number of carbonyl (C=O) groups is 1. The van der Waals surface area contributed by atoms with Crippen molar-refractivity contribution >= 4 is 5.78 Å². The Balaban J connectivity index is 0. The Labute approximate surface area is 90.0 Å². The third kappa shape index (κ3) is 4.62. The minimum atomic E-state index is -0.374. The summed E-state index contributed by atoms with van der Waals surface area (Å²) in [7, 11) is 0. The van der Waals surface area contributed by atoms with Crippen molar-refractivity contribution in [1.29, 1.82) is 0 Å². The summed E-state index contributed by atoms with van der Waals surface area (Å²) in [6, 6.07) is 0. The van der Waals surface area contributed by atoms with Gasteiger partial charge in [-0.05, 0) is 12.5 Å². The van der Waals surface area contributed by atoms with E-state index in [9.17, 15) is 9.90 Å². The molecule has 0 aliphatic rings. The molecule has 0 bridgehead atoms. The Morgan fingerprint density at radius 1 is 1.55 bits per heavy atom. The molecule has 0 aliphatic carbocycles. The zero-order valence-electron chi connectivity index (χ0n) is 7.68. The number of carbonyl (C=O) groups excluding carboxylic acids is 1. The Morgan fingerprint density at radius 3 is 2.27 bits per heavy atom. The fourth-order valence-corrected chi connectivity index (χ4v) is 0.462. The van der Waals surface area contributed by atoms with Crippen LogP contribution in [0.15, 0.2) is 12.3 Å². The smallest absolute Gasteiger partial charge is 0.878 e. The van der Waals surface area contributed by atoms with Crippen LogP contribution >= 0.6 is 0 Å². The zero-order valence-corrected chi connectivity index (χ0v) is 9.68. The van der Waals surface area contributed by atoms with Gasteiger partial charge in [0.05, 0.1) is 0 Å². The van der Waals surface area contributed by atoms with E-state index >= 15 is 0 Å². The monoisotopic (exact) mass is 164 g/mol. The zero-order chi connectivity index (χ0) is 8.20. The Hall–Kier alpha value is 0.210. The second-order valence-corrected chi connectivity index (χ2v) is 2.90. The number of rotatable bonds is 3. The first-order chi connectivity index (χ1) is 4.54. The molecule has 0 amide bonds. The molecule has 0 aromatic heterocycles. The van der Waals surface area contributed by atoms with E-state index in [2.05, 4.69) is 0 Å². The van der Waals surface area contributed by atoms with Crippen molar-refractivity contribution in [2.24, 2.45) is 5.41 Å². The maximum absolute atomic E-state index is 11.0. The van der Waals surface area contributed by atoms with Crippen LogP contribution in [0.25, 0.3) is 0 Å². The summed E-state index contributed by atoms with van der Waals surface area (Å²) in [6.45, 7) is 5.58. The maximum Gasteiger partial charge on any atom is 1.00 e. The normalized spacial score (nSPS) is 11.2. The van der Waals surface area contributed by atoms with Crippen LogP contribution in [0.5, 0.6) is 0 Å². The van der Waals surface area contributed by atoms with E-state index < -0.39 is 0 Å². The number of hydrogen-bond donors (Lipinski definition) is 0. The van der Waals surface area contributed by atoms with Crippen molar-refractivity contribution < 1.29 is 39.5 Å². The van der Waals surface area contributed by atoms with Crippen molar-refractivity contribution in [3.05, 3.63) is 12.3 Å². The molecule has 3 heteroatoms. The fourth-order valence-electron chi connectivity index (χ4n) is 0.462. The first-order valence-electron chi connectivity index (χ1n) is 3.37. The second-order valence-electron chi connectivity index (χ2n) is 2.90. The molecule has 0 rings (SSSR count). The predicted octanol–water partition coefficient (Wildman–Crippen LogP) is -2.13. The minimum Gasteiger partial charge on any atom is -0.878 e. The Kier molecular flexibility index (Phi) is 7.28. The van der Waals surface area contributed by atoms with Crippen LogP contribution < -0.4 is 34.7 Å². The van der Waals surface area contributed by atoms with E-state index in [0.29, 0.717) is 6.26 Å². The summed E-state index contributed by atoms with van der Waals surface area (Å²) >= 11 is 0. The summed E-state index contributed by atoms with van der Waals surface area (Å²) in [6.07, 6.45) is 2.39. The van der Waals surface area contributed by atoms with Crippen LogP contribution in [0, 0.1) is 5.41 Å². The second kappa shape index (κ2) is 5.81. The van der Waals surface area contributed by atoms with Gasteiger partial charge in [-0.2, -0.15) is 0 Å². The summed E-state index contributed by atoms with van der Waals surface area (Å²) in [4.78, 5) is 11.0. The summed E-state index contributed by atoms with van der Waals surface area (Å²) in [5.41, 5.74) is -0.374. The van der Waals surface area contributed by atoms with Gasteiger partial charge in [-0.15, -0.1) is 6.26 Å². The van der Waals surface area contributed by atoms with E-state index in [-0.39, 0.29) is 40.8 Å². The molecule has 0 spiro atoms. The quantitative estimate of drug-likeness (QED) is 0.271. The summed E-state index contributed by atoms with van der Waals surface area (Å²) in [5.74, 6) is -0.0926. The number of ketones is 1. The van der Waals surface area contributed by atoms with Crippen LogP contribution in [0.4, 0.5) is 0 Å². The molecule has 0 fully saturated rings. The van der Waals surface area contributed by atoms with Crippen molar-refractivity contribution in [1.82, 2.24) is 0 Å². The molecule has 0 aromatic carbocycles. The topological polar surface area (TPSA) is 40.1 Å². The van der Waals surface area contributed by atoms with Gasteiger partial charge < -0.3 is 5.11 Å². The minimum absolute atomic E-state index is 0. The third-order valence-corrected chi connectivity index (χ3v) is 1.77. The summed E-state index contributed by atoms with van der Waals surface area (Å²) < 4.78 is 0. The standard InChI is InChI=1S/C8H14O2.Na/c1-4-8(2,3)7(10)5-6-9;/h5-6,9H,4H2,1-3H3;/q;+1/p-1/b6-5+;. The fraction of sp³-hybridized carbons (Fsp3) is 0.625. The number of allylic oxidation sites excluding steroid dienone is 1. The van der Waals surface area contributed by atoms with Gasteiger partial charge in [0.1, 0.15) is 0 Å². The van der Waals surface area contributed by atoms with Crippen molar-refractivity contribution in [2.75, 3.05) is 0 Å². The van der Waals surface area contributed by atoms with Crippen molar-refractivity contribution in [3.8, 4) is 0 Å². The van der Waals surface area contributed by atoms with Gasteiger partial charge in [0.15, 0.2) is 5.78 Å². The molecule has 0 radical (unpaired) electrons. The average Bonchev–Trinajstić information content (AvgIpc) is 1.89. The van der Waals surface area contributed by atoms with Crippen LogP contribution in [-0.2, 0) is 4.79 Å². The van der Waals surface area contributed by atoms with Gasteiger partial charge in [-0.3, -0.25) is 4.79 Å². The van der Waals surface area contributed by atoms with E-state index in [4.69, 9.17) is 0 Å². The third-order valence-electron chi connectivity index (χ3n) is 1.77. The first-order valence-corrected chi connectivity index (χ1v) is 3.37. The maximum atomic E-state index is 11.0. The van der Waals surface area contributed by atoms with E-state index in [1.54, 1.807) is 0 Å². The van der Waals surface area contributed by atoms with Crippen LogP contribution in [0.1, 0.15) is 27.2 Å². The van der Waals surface area contributed by atoms with Gasteiger partial charge >= 0.3 is 29.6 Å². The molecule has 0 aromatic rings. The molecule has 2 nitrogen and oxygen atoms in total. The first kappa shape index (κ1) is 13.8.